The van der Waals surface area contributed by atoms with Crippen LogP contribution in [0.4, 0.5) is 10.1 Å². The van der Waals surface area contributed by atoms with Crippen LogP contribution in [0.15, 0.2) is 18.2 Å². The predicted octanol–water partition coefficient (Wildman–Crippen LogP) is 2.52. The summed E-state index contributed by atoms with van der Waals surface area (Å²) in [6.45, 7) is 2.81. The Hall–Kier alpha value is -1.60. The molecule has 0 bridgehead atoms. The highest BCUT2D eigenvalue weighted by Gasteiger charge is 2.08. The van der Waals surface area contributed by atoms with E-state index in [1.54, 1.807) is 12.1 Å². The number of nitrogens with zero attached hydrogens (tertiary/aromatic N) is 1. The molecular formula is C13H17FN2O. The summed E-state index contributed by atoms with van der Waals surface area (Å²) in [4.78, 5) is 0. The average Bonchev–Trinajstić information content (AvgIpc) is 2.35. The molecule has 0 spiro atoms. The van der Waals surface area contributed by atoms with Gasteiger partial charge in [-0.1, -0.05) is 13.3 Å². The van der Waals surface area contributed by atoms with Gasteiger partial charge in [0.05, 0.1) is 17.3 Å². The van der Waals surface area contributed by atoms with E-state index in [0.717, 1.165) is 6.42 Å². The Morgan fingerprint density at radius 2 is 2.29 bits per heavy atom. The highest BCUT2D eigenvalue weighted by atomic mass is 19.1. The van der Waals surface area contributed by atoms with Crippen LogP contribution >= 0.6 is 0 Å². The number of benzene rings is 1. The second-order valence-corrected chi connectivity index (χ2v) is 3.97. The minimum absolute atomic E-state index is 0.149. The topological polar surface area (TPSA) is 56.0 Å². The lowest BCUT2D eigenvalue weighted by molar-refractivity contribution is 0.258. The normalized spacial score (nSPS) is 11.9. The van der Waals surface area contributed by atoms with Crippen LogP contribution in [0.1, 0.15) is 25.3 Å². The van der Waals surface area contributed by atoms with Gasteiger partial charge in [0.15, 0.2) is 0 Å². The van der Waals surface area contributed by atoms with E-state index >= 15 is 0 Å². The molecule has 0 radical (unpaired) electrons. The number of nitrogens with one attached hydrogen (secondary N) is 1. The fourth-order valence-corrected chi connectivity index (χ4v) is 1.62. The molecule has 3 nitrogen and oxygen atoms in total. The molecule has 0 heterocycles. The van der Waals surface area contributed by atoms with E-state index in [2.05, 4.69) is 5.32 Å². The van der Waals surface area contributed by atoms with Crippen LogP contribution in [-0.4, -0.2) is 18.3 Å². The minimum Gasteiger partial charge on any atom is -0.396 e. The zero-order valence-electron chi connectivity index (χ0n) is 9.91. The molecule has 0 fully saturated rings. The highest BCUT2D eigenvalue weighted by Crippen LogP contribution is 2.17. The molecule has 0 saturated carbocycles. The zero-order valence-corrected chi connectivity index (χ0v) is 9.91. The maximum absolute atomic E-state index is 13.5. The van der Waals surface area contributed by atoms with Gasteiger partial charge in [-0.3, -0.25) is 0 Å². The summed E-state index contributed by atoms with van der Waals surface area (Å²) in [5.74, 6) is -0.0852. The smallest absolute Gasteiger partial charge is 0.147 e. The molecule has 0 aliphatic rings. The van der Waals surface area contributed by atoms with Gasteiger partial charge >= 0.3 is 0 Å². The molecule has 1 atom stereocenters. The van der Waals surface area contributed by atoms with Gasteiger partial charge in [-0.25, -0.2) is 4.39 Å². The number of halogens is 1. The fraction of sp³-hybridized carbons (Fsp3) is 0.462. The van der Waals surface area contributed by atoms with Crippen molar-refractivity contribution < 1.29 is 9.50 Å². The molecule has 17 heavy (non-hydrogen) atoms. The van der Waals surface area contributed by atoms with Crippen molar-refractivity contribution in [1.29, 1.82) is 5.26 Å². The maximum Gasteiger partial charge on any atom is 0.147 e. The molecule has 0 aliphatic carbocycles. The summed E-state index contributed by atoms with van der Waals surface area (Å²) in [6, 6.07) is 6.26. The minimum atomic E-state index is -0.414. The highest BCUT2D eigenvalue weighted by molar-refractivity contribution is 5.48. The first-order valence-corrected chi connectivity index (χ1v) is 5.75. The van der Waals surface area contributed by atoms with Crippen molar-refractivity contribution in [3.05, 3.63) is 29.6 Å². The summed E-state index contributed by atoms with van der Waals surface area (Å²) in [5.41, 5.74) is 0.718. The first-order valence-electron chi connectivity index (χ1n) is 5.75. The molecule has 1 aromatic carbocycles. The molecule has 0 saturated heterocycles. The van der Waals surface area contributed by atoms with Gasteiger partial charge in [0.25, 0.3) is 0 Å². The second-order valence-electron chi connectivity index (χ2n) is 3.97. The van der Waals surface area contributed by atoms with Crippen molar-refractivity contribution in [2.75, 3.05) is 18.5 Å². The van der Waals surface area contributed by atoms with Crippen molar-refractivity contribution in [3.8, 4) is 6.07 Å². The molecule has 0 amide bonds. The van der Waals surface area contributed by atoms with E-state index in [1.165, 1.54) is 6.07 Å². The first-order chi connectivity index (χ1) is 8.21. The van der Waals surface area contributed by atoms with Crippen LogP contribution in [0.2, 0.25) is 0 Å². The predicted molar refractivity (Wildman–Crippen MR) is 65.1 cm³/mol. The third-order valence-corrected chi connectivity index (χ3v) is 2.79. The van der Waals surface area contributed by atoms with Gasteiger partial charge in [-0.15, -0.1) is 0 Å². The SMILES string of the molecule is CCC(CCO)CNc1ccc(C#N)cc1F. The Morgan fingerprint density at radius 3 is 2.82 bits per heavy atom. The quantitative estimate of drug-likeness (QED) is 0.798. The molecule has 4 heteroatoms. The monoisotopic (exact) mass is 236 g/mol. The van der Waals surface area contributed by atoms with Gasteiger partial charge in [-0.2, -0.15) is 5.26 Å². The maximum atomic E-state index is 13.5. The Kier molecular flexibility index (Phi) is 5.44. The van der Waals surface area contributed by atoms with Crippen LogP contribution in [0, 0.1) is 23.1 Å². The van der Waals surface area contributed by atoms with Gasteiger partial charge in [0, 0.05) is 13.2 Å². The van der Waals surface area contributed by atoms with Crippen molar-refractivity contribution in [1.82, 2.24) is 0 Å². The number of hydrogen-bond acceptors (Lipinski definition) is 3. The third-order valence-electron chi connectivity index (χ3n) is 2.79. The molecule has 1 unspecified atom stereocenters. The van der Waals surface area contributed by atoms with Gasteiger partial charge in [0.2, 0.25) is 0 Å². The van der Waals surface area contributed by atoms with E-state index in [9.17, 15) is 4.39 Å². The van der Waals surface area contributed by atoms with Crippen LogP contribution in [-0.2, 0) is 0 Å². The molecule has 1 rings (SSSR count). The molecule has 1 aromatic rings. The number of aliphatic hydroxyl groups is 1. The lowest BCUT2D eigenvalue weighted by Gasteiger charge is -2.15. The first kappa shape index (κ1) is 13.5. The van der Waals surface area contributed by atoms with Crippen LogP contribution < -0.4 is 5.32 Å². The standard InChI is InChI=1S/C13H17FN2O/c1-2-10(5-6-17)9-16-13-4-3-11(8-15)7-12(13)14/h3-4,7,10,16-17H,2,5-6,9H2,1H3. The van der Waals surface area contributed by atoms with Crippen LogP contribution in [0.5, 0.6) is 0 Å². The largest absolute Gasteiger partial charge is 0.396 e. The summed E-state index contributed by atoms with van der Waals surface area (Å²) < 4.78 is 13.5. The Balaban J connectivity index is 2.60. The van der Waals surface area contributed by atoms with Crippen molar-refractivity contribution in [2.24, 2.45) is 5.92 Å². The molecule has 0 aromatic heterocycles. The Bertz CT molecular complexity index is 401. The number of hydrogen-bond donors (Lipinski definition) is 2. The number of nitriles is 1. The van der Waals surface area contributed by atoms with E-state index in [1.807, 2.05) is 13.0 Å². The third kappa shape index (κ3) is 4.04. The number of anilines is 1. The van der Waals surface area contributed by atoms with Gasteiger partial charge in [-0.05, 0) is 30.5 Å². The van der Waals surface area contributed by atoms with Crippen molar-refractivity contribution >= 4 is 5.69 Å². The summed E-state index contributed by atoms with van der Waals surface area (Å²) in [5, 5.41) is 20.5. The van der Waals surface area contributed by atoms with Gasteiger partial charge < -0.3 is 10.4 Å². The Labute approximate surface area is 101 Å². The molecule has 0 aliphatic heterocycles. The van der Waals surface area contributed by atoms with E-state index < -0.39 is 5.82 Å². The zero-order chi connectivity index (χ0) is 12.7. The molecular weight excluding hydrogens is 219 g/mol. The Morgan fingerprint density at radius 1 is 1.53 bits per heavy atom. The van der Waals surface area contributed by atoms with Crippen molar-refractivity contribution in [3.63, 3.8) is 0 Å². The van der Waals surface area contributed by atoms with Crippen molar-refractivity contribution in [2.45, 2.75) is 19.8 Å². The number of aliphatic hydroxyl groups excluding tert-OH is 1. The fourth-order valence-electron chi connectivity index (χ4n) is 1.62. The average molecular weight is 236 g/mol. The molecule has 2 N–H and O–H groups in total. The van der Waals surface area contributed by atoms with Crippen LogP contribution in [0.25, 0.3) is 0 Å². The number of rotatable bonds is 6. The van der Waals surface area contributed by atoms with E-state index in [0.29, 0.717) is 30.1 Å². The summed E-state index contributed by atoms with van der Waals surface area (Å²) >= 11 is 0. The lowest BCUT2D eigenvalue weighted by atomic mass is 10.0. The second kappa shape index (κ2) is 6.87. The van der Waals surface area contributed by atoms with Crippen LogP contribution in [0.3, 0.4) is 0 Å². The summed E-state index contributed by atoms with van der Waals surface area (Å²) in [6.07, 6.45) is 1.65. The lowest BCUT2D eigenvalue weighted by Crippen LogP contribution is -2.15. The van der Waals surface area contributed by atoms with E-state index in [-0.39, 0.29) is 6.61 Å². The molecule has 92 valence electrons. The van der Waals surface area contributed by atoms with E-state index in [4.69, 9.17) is 10.4 Å². The summed E-state index contributed by atoms with van der Waals surface area (Å²) in [7, 11) is 0. The van der Waals surface area contributed by atoms with Gasteiger partial charge in [0.1, 0.15) is 5.82 Å².